The van der Waals surface area contributed by atoms with Gasteiger partial charge in [-0.3, -0.25) is 0 Å². The normalized spacial score (nSPS) is 13.4. The molecule has 0 spiro atoms. The van der Waals surface area contributed by atoms with Crippen LogP contribution in [0.4, 0.5) is 0 Å². The summed E-state index contributed by atoms with van der Waals surface area (Å²) in [6.45, 7) is 1.46. The minimum absolute atomic E-state index is 0.00782. The maximum absolute atomic E-state index is 8.75. The Morgan fingerprint density at radius 1 is 1.45 bits per heavy atom. The van der Waals surface area contributed by atoms with E-state index in [4.69, 9.17) is 14.9 Å². The zero-order chi connectivity index (χ0) is 8.53. The fourth-order valence-electron chi connectivity index (χ4n) is 0.763. The molecule has 0 aromatic heterocycles. The Kier molecular flexibility index (Phi) is 7.83. The number of rotatable bonds is 7. The predicted octanol–water partition coefficient (Wildman–Crippen LogP) is -1.03. The topological polar surface area (TPSA) is 61.7 Å². The molecule has 0 heterocycles. The van der Waals surface area contributed by atoms with E-state index < -0.39 is 0 Å². The highest BCUT2D eigenvalue weighted by Gasteiger charge is 2.03. The van der Waals surface area contributed by atoms with E-state index in [0.29, 0.717) is 19.6 Å². The molecule has 0 aromatic rings. The van der Waals surface area contributed by atoms with E-state index in [9.17, 15) is 0 Å². The number of hydrogen-bond acceptors (Lipinski definition) is 4. The lowest BCUT2D eigenvalue weighted by Crippen LogP contribution is -2.37. The van der Waals surface area contributed by atoms with Crippen molar-refractivity contribution >= 4 is 0 Å². The molecule has 4 nitrogen and oxygen atoms in total. The summed E-state index contributed by atoms with van der Waals surface area (Å²) in [5, 5.41) is 20.2. The smallest absolute Gasteiger partial charge is 0.0638 e. The Hall–Kier alpha value is -0.160. The van der Waals surface area contributed by atoms with Crippen LogP contribution >= 0.6 is 0 Å². The Bertz CT molecular complexity index is 80.1. The Morgan fingerprint density at radius 2 is 2.18 bits per heavy atom. The molecule has 0 radical (unpaired) electrons. The van der Waals surface area contributed by atoms with Crippen LogP contribution in [0.25, 0.3) is 0 Å². The zero-order valence-electron chi connectivity index (χ0n) is 6.92. The van der Waals surface area contributed by atoms with Gasteiger partial charge in [-0.2, -0.15) is 0 Å². The first-order valence-corrected chi connectivity index (χ1v) is 3.79. The third-order valence-electron chi connectivity index (χ3n) is 1.36. The maximum atomic E-state index is 8.75. The largest absolute Gasteiger partial charge is 0.396 e. The van der Waals surface area contributed by atoms with Gasteiger partial charge in [-0.15, -0.1) is 0 Å². The van der Waals surface area contributed by atoms with E-state index >= 15 is 0 Å². The van der Waals surface area contributed by atoms with Crippen molar-refractivity contribution in [1.29, 1.82) is 0 Å². The van der Waals surface area contributed by atoms with E-state index in [1.54, 1.807) is 7.11 Å². The molecule has 0 aliphatic heterocycles. The fraction of sp³-hybridized carbons (Fsp3) is 1.00. The molecule has 68 valence electrons. The van der Waals surface area contributed by atoms with Crippen molar-refractivity contribution in [3.8, 4) is 0 Å². The summed E-state index contributed by atoms with van der Waals surface area (Å²) < 4.78 is 4.84. The first-order chi connectivity index (χ1) is 5.35. The molecule has 0 rings (SSSR count). The second kappa shape index (κ2) is 7.94. The molecule has 11 heavy (non-hydrogen) atoms. The summed E-state index contributed by atoms with van der Waals surface area (Å²) in [4.78, 5) is 0. The molecule has 0 aromatic carbocycles. The molecular formula is C7H17NO3. The third kappa shape index (κ3) is 6.25. The van der Waals surface area contributed by atoms with Crippen LogP contribution in [0.5, 0.6) is 0 Å². The minimum atomic E-state index is -0.00782. The molecular weight excluding hydrogens is 146 g/mol. The molecule has 0 bridgehead atoms. The quantitative estimate of drug-likeness (QED) is 0.420. The number of nitrogens with one attached hydrogen (secondary N) is 1. The van der Waals surface area contributed by atoms with Gasteiger partial charge in [0.2, 0.25) is 0 Å². The van der Waals surface area contributed by atoms with Crippen molar-refractivity contribution in [2.45, 2.75) is 12.5 Å². The van der Waals surface area contributed by atoms with Crippen LogP contribution in [-0.4, -0.2) is 49.7 Å². The van der Waals surface area contributed by atoms with Gasteiger partial charge in [0.25, 0.3) is 0 Å². The second-order valence-electron chi connectivity index (χ2n) is 2.37. The molecule has 0 amide bonds. The van der Waals surface area contributed by atoms with E-state index in [2.05, 4.69) is 5.32 Å². The van der Waals surface area contributed by atoms with Gasteiger partial charge in [0.05, 0.1) is 19.3 Å². The van der Waals surface area contributed by atoms with Crippen molar-refractivity contribution in [2.75, 3.05) is 33.5 Å². The van der Waals surface area contributed by atoms with E-state index in [1.165, 1.54) is 0 Å². The third-order valence-corrected chi connectivity index (χ3v) is 1.36. The Morgan fingerprint density at radius 3 is 2.64 bits per heavy atom. The molecule has 0 aliphatic carbocycles. The average molecular weight is 163 g/mol. The van der Waals surface area contributed by atoms with Gasteiger partial charge in [-0.1, -0.05) is 0 Å². The minimum Gasteiger partial charge on any atom is -0.396 e. The molecule has 1 unspecified atom stereocenters. The predicted molar refractivity (Wildman–Crippen MR) is 42.5 cm³/mol. The van der Waals surface area contributed by atoms with Gasteiger partial charge in [0.15, 0.2) is 0 Å². The van der Waals surface area contributed by atoms with Crippen LogP contribution in [-0.2, 0) is 4.74 Å². The first kappa shape index (κ1) is 10.8. The van der Waals surface area contributed by atoms with Crippen molar-refractivity contribution in [2.24, 2.45) is 0 Å². The number of aliphatic hydroxyl groups is 2. The molecule has 1 atom stereocenters. The summed E-state index contributed by atoms with van der Waals surface area (Å²) in [6, 6.07) is -0.00782. The standard InChI is InChI=1S/C7H17NO3/c1-11-6-7(5-10)8-3-2-4-9/h7-10H,2-6H2,1H3. The molecule has 0 saturated heterocycles. The van der Waals surface area contributed by atoms with Crippen molar-refractivity contribution < 1.29 is 14.9 Å². The summed E-state index contributed by atoms with van der Waals surface area (Å²) in [7, 11) is 1.59. The number of ether oxygens (including phenoxy) is 1. The Balaban J connectivity index is 3.20. The molecule has 0 fully saturated rings. The second-order valence-corrected chi connectivity index (χ2v) is 2.37. The lowest BCUT2D eigenvalue weighted by Gasteiger charge is -2.14. The van der Waals surface area contributed by atoms with Crippen molar-refractivity contribution in [1.82, 2.24) is 5.32 Å². The lowest BCUT2D eigenvalue weighted by atomic mass is 10.3. The first-order valence-electron chi connectivity index (χ1n) is 3.79. The number of hydrogen-bond donors (Lipinski definition) is 3. The number of aliphatic hydroxyl groups excluding tert-OH is 2. The van der Waals surface area contributed by atoms with Gasteiger partial charge in [0, 0.05) is 13.7 Å². The molecule has 0 aliphatic rings. The van der Waals surface area contributed by atoms with Crippen molar-refractivity contribution in [3.63, 3.8) is 0 Å². The van der Waals surface area contributed by atoms with Gasteiger partial charge in [-0.05, 0) is 13.0 Å². The zero-order valence-corrected chi connectivity index (χ0v) is 6.92. The summed E-state index contributed by atoms with van der Waals surface area (Å²) >= 11 is 0. The van der Waals surface area contributed by atoms with Crippen LogP contribution in [0.15, 0.2) is 0 Å². The van der Waals surface area contributed by atoms with E-state index in [0.717, 1.165) is 0 Å². The maximum Gasteiger partial charge on any atom is 0.0638 e. The summed E-state index contributed by atoms with van der Waals surface area (Å²) in [5.74, 6) is 0. The molecule has 0 saturated carbocycles. The van der Waals surface area contributed by atoms with E-state index in [-0.39, 0.29) is 19.3 Å². The lowest BCUT2D eigenvalue weighted by molar-refractivity contribution is 0.127. The van der Waals surface area contributed by atoms with E-state index in [1.807, 2.05) is 0 Å². The monoisotopic (exact) mass is 163 g/mol. The average Bonchev–Trinajstić information content (AvgIpc) is 2.03. The van der Waals surface area contributed by atoms with Crippen molar-refractivity contribution in [3.05, 3.63) is 0 Å². The van der Waals surface area contributed by atoms with Gasteiger partial charge in [-0.25, -0.2) is 0 Å². The van der Waals surface area contributed by atoms with Gasteiger partial charge < -0.3 is 20.3 Å². The summed E-state index contributed by atoms with van der Waals surface area (Å²) in [6.07, 6.45) is 0.709. The van der Waals surface area contributed by atoms with Crippen LogP contribution < -0.4 is 5.32 Å². The van der Waals surface area contributed by atoms with Crippen LogP contribution in [0.1, 0.15) is 6.42 Å². The van der Waals surface area contributed by atoms with Crippen LogP contribution in [0.3, 0.4) is 0 Å². The molecule has 4 heteroatoms. The van der Waals surface area contributed by atoms with Gasteiger partial charge in [0.1, 0.15) is 0 Å². The fourth-order valence-corrected chi connectivity index (χ4v) is 0.763. The van der Waals surface area contributed by atoms with Crippen LogP contribution in [0, 0.1) is 0 Å². The highest BCUT2D eigenvalue weighted by atomic mass is 16.5. The van der Waals surface area contributed by atoms with Gasteiger partial charge >= 0.3 is 0 Å². The highest BCUT2D eigenvalue weighted by Crippen LogP contribution is 1.83. The number of methoxy groups -OCH3 is 1. The Labute approximate surface area is 67.2 Å². The van der Waals surface area contributed by atoms with Crippen LogP contribution in [0.2, 0.25) is 0 Å². The SMILES string of the molecule is COCC(CO)NCCCO. The molecule has 3 N–H and O–H groups in total. The summed E-state index contributed by atoms with van der Waals surface area (Å²) in [5.41, 5.74) is 0. The highest BCUT2D eigenvalue weighted by molar-refractivity contribution is 4.63.